The molecule has 16 heavy (non-hydrogen) atoms. The van der Waals surface area contributed by atoms with Gasteiger partial charge in [0.25, 0.3) is 0 Å². The number of pyridine rings is 2. The summed E-state index contributed by atoms with van der Waals surface area (Å²) in [6.07, 6.45) is 5.57. The molecule has 0 radical (unpaired) electrons. The molecule has 2 aromatic heterocycles. The van der Waals surface area contributed by atoms with Crippen molar-refractivity contribution in [2.45, 2.75) is 26.7 Å². The van der Waals surface area contributed by atoms with E-state index in [1.54, 1.807) is 6.20 Å². The lowest BCUT2D eigenvalue weighted by molar-refractivity contribution is 0.812. The summed E-state index contributed by atoms with van der Waals surface area (Å²) >= 11 is 0. The molecule has 0 aromatic carbocycles. The molecule has 0 spiro atoms. The monoisotopic (exact) mass is 212 g/mol. The van der Waals surface area contributed by atoms with Gasteiger partial charge in [-0.3, -0.25) is 9.97 Å². The van der Waals surface area contributed by atoms with Crippen molar-refractivity contribution in [3.8, 4) is 11.1 Å². The van der Waals surface area contributed by atoms with Crippen LogP contribution < -0.4 is 0 Å². The molecular weight excluding hydrogens is 196 g/mol. The van der Waals surface area contributed by atoms with Crippen LogP contribution in [0.3, 0.4) is 0 Å². The third-order valence-electron chi connectivity index (χ3n) is 2.76. The van der Waals surface area contributed by atoms with Crippen molar-refractivity contribution >= 4 is 0 Å². The molecule has 2 heteroatoms. The van der Waals surface area contributed by atoms with Crippen LogP contribution in [-0.4, -0.2) is 9.97 Å². The van der Waals surface area contributed by atoms with E-state index >= 15 is 0 Å². The lowest BCUT2D eigenvalue weighted by Crippen LogP contribution is -1.98. The van der Waals surface area contributed by atoms with E-state index in [2.05, 4.69) is 42.9 Å². The van der Waals surface area contributed by atoms with Gasteiger partial charge in [-0.2, -0.15) is 0 Å². The highest BCUT2D eigenvalue weighted by Crippen LogP contribution is 2.26. The molecule has 2 aromatic rings. The summed E-state index contributed by atoms with van der Waals surface area (Å²) in [7, 11) is 0. The van der Waals surface area contributed by atoms with E-state index < -0.39 is 0 Å². The van der Waals surface area contributed by atoms with E-state index in [4.69, 9.17) is 0 Å². The minimum Gasteiger partial charge on any atom is -0.264 e. The van der Waals surface area contributed by atoms with Crippen LogP contribution >= 0.6 is 0 Å². The molecule has 0 atom stereocenters. The Hall–Kier alpha value is -1.70. The zero-order chi connectivity index (χ0) is 11.5. The number of hydrogen-bond donors (Lipinski definition) is 0. The lowest BCUT2D eigenvalue weighted by Gasteiger charge is -2.12. The predicted octanol–water partition coefficient (Wildman–Crippen LogP) is 3.58. The Morgan fingerprint density at radius 1 is 1.12 bits per heavy atom. The zero-order valence-corrected chi connectivity index (χ0v) is 9.94. The third-order valence-corrected chi connectivity index (χ3v) is 2.76. The third kappa shape index (κ3) is 1.96. The normalized spacial score (nSPS) is 10.8. The average molecular weight is 212 g/mol. The number of hydrogen-bond acceptors (Lipinski definition) is 2. The van der Waals surface area contributed by atoms with Gasteiger partial charge in [-0.15, -0.1) is 0 Å². The van der Waals surface area contributed by atoms with Crippen LogP contribution in [0.1, 0.15) is 31.0 Å². The largest absolute Gasteiger partial charge is 0.264 e. The molecule has 0 saturated heterocycles. The Morgan fingerprint density at radius 2 is 1.94 bits per heavy atom. The number of aromatic nitrogens is 2. The standard InChI is InChI=1S/C14H16N2/c1-10(2)14-11(3)13(6-8-16-14)12-5-4-7-15-9-12/h4-10H,1-3H3. The second-order valence-electron chi connectivity index (χ2n) is 4.27. The van der Waals surface area contributed by atoms with Crippen molar-refractivity contribution in [3.63, 3.8) is 0 Å². The Morgan fingerprint density at radius 3 is 2.56 bits per heavy atom. The Kier molecular flexibility index (Phi) is 3.00. The van der Waals surface area contributed by atoms with Crippen molar-refractivity contribution < 1.29 is 0 Å². The molecule has 0 saturated carbocycles. The minimum absolute atomic E-state index is 0.455. The van der Waals surface area contributed by atoms with Crippen molar-refractivity contribution in [3.05, 3.63) is 48.0 Å². The predicted molar refractivity (Wildman–Crippen MR) is 66.3 cm³/mol. The molecule has 2 heterocycles. The fourth-order valence-electron chi connectivity index (χ4n) is 1.97. The van der Waals surface area contributed by atoms with Gasteiger partial charge in [0.2, 0.25) is 0 Å². The number of rotatable bonds is 2. The molecule has 0 unspecified atom stereocenters. The second kappa shape index (κ2) is 4.44. The maximum Gasteiger partial charge on any atom is 0.0464 e. The molecule has 82 valence electrons. The van der Waals surface area contributed by atoms with E-state index in [0.29, 0.717) is 5.92 Å². The summed E-state index contributed by atoms with van der Waals surface area (Å²) in [6.45, 7) is 6.47. The Labute approximate surface area is 96.4 Å². The summed E-state index contributed by atoms with van der Waals surface area (Å²) in [5.41, 5.74) is 4.81. The van der Waals surface area contributed by atoms with Gasteiger partial charge in [0.15, 0.2) is 0 Å². The average Bonchev–Trinajstić information content (AvgIpc) is 2.30. The smallest absolute Gasteiger partial charge is 0.0464 e. The van der Waals surface area contributed by atoms with Gasteiger partial charge in [-0.1, -0.05) is 19.9 Å². The topological polar surface area (TPSA) is 25.8 Å². The summed E-state index contributed by atoms with van der Waals surface area (Å²) in [6, 6.07) is 6.10. The maximum atomic E-state index is 4.44. The van der Waals surface area contributed by atoms with Crippen LogP contribution in [0.2, 0.25) is 0 Å². The van der Waals surface area contributed by atoms with E-state index in [1.807, 2.05) is 18.5 Å². The summed E-state index contributed by atoms with van der Waals surface area (Å²) < 4.78 is 0. The van der Waals surface area contributed by atoms with E-state index in [0.717, 1.165) is 5.56 Å². The Balaban J connectivity index is 2.55. The number of nitrogens with zero attached hydrogens (tertiary/aromatic N) is 2. The first-order valence-electron chi connectivity index (χ1n) is 5.56. The molecule has 2 rings (SSSR count). The van der Waals surface area contributed by atoms with Gasteiger partial charge in [-0.05, 0) is 36.1 Å². The van der Waals surface area contributed by atoms with Crippen LogP contribution in [0.15, 0.2) is 36.8 Å². The highest BCUT2D eigenvalue weighted by molar-refractivity contribution is 5.66. The fraction of sp³-hybridized carbons (Fsp3) is 0.286. The summed E-state index contributed by atoms with van der Waals surface area (Å²) in [5.74, 6) is 0.455. The van der Waals surface area contributed by atoms with E-state index in [9.17, 15) is 0 Å². The van der Waals surface area contributed by atoms with Crippen molar-refractivity contribution in [2.75, 3.05) is 0 Å². The van der Waals surface area contributed by atoms with E-state index in [1.165, 1.54) is 16.8 Å². The quantitative estimate of drug-likeness (QED) is 0.760. The van der Waals surface area contributed by atoms with Crippen molar-refractivity contribution in [1.82, 2.24) is 9.97 Å². The molecule has 0 bridgehead atoms. The first-order chi connectivity index (χ1) is 7.70. The molecule has 0 fully saturated rings. The molecule has 0 amide bonds. The van der Waals surface area contributed by atoms with Gasteiger partial charge in [0, 0.05) is 29.8 Å². The van der Waals surface area contributed by atoms with Crippen LogP contribution in [-0.2, 0) is 0 Å². The first kappa shape index (κ1) is 10.8. The molecule has 0 aliphatic carbocycles. The van der Waals surface area contributed by atoms with Crippen LogP contribution in [0, 0.1) is 6.92 Å². The fourth-order valence-corrected chi connectivity index (χ4v) is 1.97. The van der Waals surface area contributed by atoms with Gasteiger partial charge < -0.3 is 0 Å². The van der Waals surface area contributed by atoms with Gasteiger partial charge in [0.05, 0.1) is 0 Å². The van der Waals surface area contributed by atoms with Gasteiger partial charge in [0.1, 0.15) is 0 Å². The lowest BCUT2D eigenvalue weighted by atomic mass is 9.97. The molecule has 0 N–H and O–H groups in total. The molecule has 2 nitrogen and oxygen atoms in total. The van der Waals surface area contributed by atoms with E-state index in [-0.39, 0.29) is 0 Å². The van der Waals surface area contributed by atoms with Crippen molar-refractivity contribution in [2.24, 2.45) is 0 Å². The first-order valence-corrected chi connectivity index (χ1v) is 5.56. The summed E-state index contributed by atoms with van der Waals surface area (Å²) in [5, 5.41) is 0. The zero-order valence-electron chi connectivity index (χ0n) is 9.94. The Bertz CT molecular complexity index is 475. The van der Waals surface area contributed by atoms with Crippen molar-refractivity contribution in [1.29, 1.82) is 0 Å². The van der Waals surface area contributed by atoms with Gasteiger partial charge >= 0.3 is 0 Å². The molecule has 0 aliphatic rings. The second-order valence-corrected chi connectivity index (χ2v) is 4.27. The SMILES string of the molecule is Cc1c(-c2cccnc2)ccnc1C(C)C. The van der Waals surface area contributed by atoms with Crippen LogP contribution in [0.5, 0.6) is 0 Å². The van der Waals surface area contributed by atoms with Crippen LogP contribution in [0.4, 0.5) is 0 Å². The highest BCUT2D eigenvalue weighted by atomic mass is 14.7. The highest BCUT2D eigenvalue weighted by Gasteiger charge is 2.09. The minimum atomic E-state index is 0.455. The summed E-state index contributed by atoms with van der Waals surface area (Å²) in [4.78, 5) is 8.60. The van der Waals surface area contributed by atoms with Gasteiger partial charge in [-0.25, -0.2) is 0 Å². The maximum absolute atomic E-state index is 4.44. The molecular formula is C14H16N2. The van der Waals surface area contributed by atoms with Crippen LogP contribution in [0.25, 0.3) is 11.1 Å². The molecule has 0 aliphatic heterocycles.